The Morgan fingerprint density at radius 2 is 1.60 bits per heavy atom. The fourth-order valence-corrected chi connectivity index (χ4v) is 2.90. The molecule has 0 aromatic carbocycles. The van der Waals surface area contributed by atoms with Gasteiger partial charge in [-0.25, -0.2) is 0 Å². The van der Waals surface area contributed by atoms with Crippen LogP contribution in [0, 0.1) is 11.8 Å². The maximum Gasteiger partial charge on any atom is 0.0480 e. The second-order valence-electron chi connectivity index (χ2n) is 5.52. The highest BCUT2D eigenvalue weighted by Crippen LogP contribution is 2.29. The molecule has 2 nitrogen and oxygen atoms in total. The highest BCUT2D eigenvalue weighted by Gasteiger charge is 2.26. The van der Waals surface area contributed by atoms with Crippen LogP contribution in [0.3, 0.4) is 0 Å². The monoisotopic (exact) mass is 211 g/mol. The zero-order valence-corrected chi connectivity index (χ0v) is 10.2. The molecule has 0 aromatic rings. The van der Waals surface area contributed by atoms with Gasteiger partial charge in [0.2, 0.25) is 0 Å². The molecule has 3 unspecified atom stereocenters. The Balaban J connectivity index is 1.74. The van der Waals surface area contributed by atoms with Gasteiger partial charge in [0.05, 0.1) is 0 Å². The minimum Gasteiger partial charge on any atom is -0.381 e. The summed E-state index contributed by atoms with van der Waals surface area (Å²) in [5.74, 6) is 1.83. The van der Waals surface area contributed by atoms with Gasteiger partial charge < -0.3 is 10.1 Å². The predicted molar refractivity (Wildman–Crippen MR) is 62.9 cm³/mol. The average molecular weight is 211 g/mol. The van der Waals surface area contributed by atoms with E-state index in [1.807, 2.05) is 0 Å². The maximum absolute atomic E-state index is 5.39. The third-order valence-corrected chi connectivity index (χ3v) is 4.29. The molecule has 1 saturated carbocycles. The minimum absolute atomic E-state index is 0.726. The Kier molecular flexibility index (Phi) is 4.04. The highest BCUT2D eigenvalue weighted by molar-refractivity contribution is 4.83. The van der Waals surface area contributed by atoms with Crippen LogP contribution in [0.4, 0.5) is 0 Å². The Bertz CT molecular complexity index is 189. The van der Waals surface area contributed by atoms with Crippen LogP contribution in [-0.4, -0.2) is 25.3 Å². The summed E-state index contributed by atoms with van der Waals surface area (Å²) in [6, 6.07) is 1.50. The van der Waals surface area contributed by atoms with Crippen molar-refractivity contribution in [2.75, 3.05) is 13.2 Å². The Morgan fingerprint density at radius 1 is 0.867 bits per heavy atom. The summed E-state index contributed by atoms with van der Waals surface area (Å²) in [5.41, 5.74) is 0. The molecule has 15 heavy (non-hydrogen) atoms. The second-order valence-corrected chi connectivity index (χ2v) is 5.52. The molecule has 1 heterocycles. The van der Waals surface area contributed by atoms with Gasteiger partial charge in [-0.2, -0.15) is 0 Å². The SMILES string of the molecule is CC1CCC(NC2CCOCC2)CC1C. The van der Waals surface area contributed by atoms with E-state index < -0.39 is 0 Å². The van der Waals surface area contributed by atoms with Gasteiger partial charge in [-0.1, -0.05) is 13.8 Å². The van der Waals surface area contributed by atoms with Crippen LogP contribution in [0.5, 0.6) is 0 Å². The van der Waals surface area contributed by atoms with Gasteiger partial charge >= 0.3 is 0 Å². The first-order valence-corrected chi connectivity index (χ1v) is 6.59. The van der Waals surface area contributed by atoms with Gasteiger partial charge in [0.25, 0.3) is 0 Å². The molecule has 1 aliphatic heterocycles. The van der Waals surface area contributed by atoms with Crippen molar-refractivity contribution in [1.29, 1.82) is 0 Å². The molecule has 0 spiro atoms. The van der Waals surface area contributed by atoms with Crippen LogP contribution in [0.15, 0.2) is 0 Å². The molecule has 0 amide bonds. The molecule has 88 valence electrons. The third-order valence-electron chi connectivity index (χ3n) is 4.29. The van der Waals surface area contributed by atoms with Crippen LogP contribution < -0.4 is 5.32 Å². The fraction of sp³-hybridized carbons (Fsp3) is 1.00. The van der Waals surface area contributed by atoms with E-state index in [1.54, 1.807) is 0 Å². The van der Waals surface area contributed by atoms with Crippen molar-refractivity contribution < 1.29 is 4.74 Å². The van der Waals surface area contributed by atoms with Crippen molar-refractivity contribution in [1.82, 2.24) is 5.32 Å². The van der Waals surface area contributed by atoms with Crippen molar-refractivity contribution in [2.45, 2.75) is 58.0 Å². The Morgan fingerprint density at radius 3 is 2.27 bits per heavy atom. The molecule has 0 bridgehead atoms. The average Bonchev–Trinajstić information content (AvgIpc) is 2.25. The number of hydrogen-bond acceptors (Lipinski definition) is 2. The van der Waals surface area contributed by atoms with Crippen molar-refractivity contribution >= 4 is 0 Å². The maximum atomic E-state index is 5.39. The molecule has 3 atom stereocenters. The summed E-state index contributed by atoms with van der Waals surface area (Å²) in [6.07, 6.45) is 6.57. The van der Waals surface area contributed by atoms with Crippen LogP contribution in [-0.2, 0) is 4.74 Å². The Labute approximate surface area is 93.8 Å². The van der Waals surface area contributed by atoms with Gasteiger partial charge in [-0.3, -0.25) is 0 Å². The van der Waals surface area contributed by atoms with E-state index in [-0.39, 0.29) is 0 Å². The number of hydrogen-bond donors (Lipinski definition) is 1. The number of nitrogens with one attached hydrogen (secondary N) is 1. The van der Waals surface area contributed by atoms with Crippen molar-refractivity contribution in [2.24, 2.45) is 11.8 Å². The van der Waals surface area contributed by atoms with Gasteiger partial charge in [-0.15, -0.1) is 0 Å². The van der Waals surface area contributed by atoms with Crippen LogP contribution in [0.2, 0.25) is 0 Å². The van der Waals surface area contributed by atoms with Crippen LogP contribution in [0.25, 0.3) is 0 Å². The lowest BCUT2D eigenvalue weighted by Gasteiger charge is -2.36. The van der Waals surface area contributed by atoms with Crippen molar-refractivity contribution in [3.8, 4) is 0 Å². The highest BCUT2D eigenvalue weighted by atomic mass is 16.5. The lowest BCUT2D eigenvalue weighted by Crippen LogP contribution is -2.44. The van der Waals surface area contributed by atoms with Crippen LogP contribution >= 0.6 is 0 Å². The van der Waals surface area contributed by atoms with Crippen LogP contribution in [0.1, 0.15) is 46.0 Å². The van der Waals surface area contributed by atoms with E-state index in [0.717, 1.165) is 37.1 Å². The summed E-state index contributed by atoms with van der Waals surface area (Å²) >= 11 is 0. The van der Waals surface area contributed by atoms with Crippen molar-refractivity contribution in [3.63, 3.8) is 0 Å². The molecule has 2 fully saturated rings. The standard InChI is InChI=1S/C13H25NO/c1-10-3-4-13(9-11(10)2)14-12-5-7-15-8-6-12/h10-14H,3-9H2,1-2H3. The molecule has 2 rings (SSSR count). The Hall–Kier alpha value is -0.0800. The predicted octanol–water partition coefficient (Wildman–Crippen LogP) is 2.58. The zero-order valence-electron chi connectivity index (χ0n) is 10.2. The van der Waals surface area contributed by atoms with Crippen molar-refractivity contribution in [3.05, 3.63) is 0 Å². The lowest BCUT2D eigenvalue weighted by atomic mass is 9.79. The van der Waals surface area contributed by atoms with E-state index in [4.69, 9.17) is 4.74 Å². The van der Waals surface area contributed by atoms with Gasteiger partial charge in [0, 0.05) is 25.3 Å². The molecular weight excluding hydrogens is 186 g/mol. The number of ether oxygens (including phenoxy) is 1. The normalized spacial score (nSPS) is 39.2. The van der Waals surface area contributed by atoms with E-state index in [1.165, 1.54) is 32.1 Å². The van der Waals surface area contributed by atoms with Gasteiger partial charge in [0.15, 0.2) is 0 Å². The zero-order chi connectivity index (χ0) is 10.7. The molecular formula is C13H25NO. The van der Waals surface area contributed by atoms with E-state index in [9.17, 15) is 0 Å². The van der Waals surface area contributed by atoms with Gasteiger partial charge in [-0.05, 0) is 43.9 Å². The largest absolute Gasteiger partial charge is 0.381 e. The lowest BCUT2D eigenvalue weighted by molar-refractivity contribution is 0.0704. The molecule has 0 aromatic heterocycles. The number of rotatable bonds is 2. The van der Waals surface area contributed by atoms with E-state index in [2.05, 4.69) is 19.2 Å². The second kappa shape index (κ2) is 5.31. The van der Waals surface area contributed by atoms with E-state index in [0.29, 0.717) is 0 Å². The minimum atomic E-state index is 0.726. The topological polar surface area (TPSA) is 21.3 Å². The first kappa shape index (κ1) is 11.4. The molecule has 1 N–H and O–H groups in total. The summed E-state index contributed by atoms with van der Waals surface area (Å²) < 4.78 is 5.39. The third kappa shape index (κ3) is 3.18. The molecule has 2 heteroatoms. The summed E-state index contributed by atoms with van der Waals surface area (Å²) in [6.45, 7) is 6.71. The summed E-state index contributed by atoms with van der Waals surface area (Å²) in [5, 5.41) is 3.83. The first-order valence-electron chi connectivity index (χ1n) is 6.59. The van der Waals surface area contributed by atoms with E-state index >= 15 is 0 Å². The fourth-order valence-electron chi connectivity index (χ4n) is 2.90. The molecule has 0 radical (unpaired) electrons. The summed E-state index contributed by atoms with van der Waals surface area (Å²) in [4.78, 5) is 0. The molecule has 1 saturated heterocycles. The molecule has 2 aliphatic rings. The smallest absolute Gasteiger partial charge is 0.0480 e. The first-order chi connectivity index (χ1) is 7.25. The quantitative estimate of drug-likeness (QED) is 0.758. The molecule has 1 aliphatic carbocycles. The van der Waals surface area contributed by atoms with Gasteiger partial charge in [0.1, 0.15) is 0 Å². The summed E-state index contributed by atoms with van der Waals surface area (Å²) in [7, 11) is 0.